The molecular formula is C18H21ClN2O6S. The normalized spacial score (nSPS) is 10.9. The lowest BCUT2D eigenvalue weighted by Crippen LogP contribution is -2.40. The maximum absolute atomic E-state index is 13.4. The van der Waals surface area contributed by atoms with Gasteiger partial charge in [0, 0.05) is 18.1 Å². The van der Waals surface area contributed by atoms with Crippen molar-refractivity contribution in [1.82, 2.24) is 5.32 Å². The number of amides is 1. The van der Waals surface area contributed by atoms with Crippen LogP contribution in [0, 0.1) is 0 Å². The number of carbonyl (C=O) groups is 1. The molecule has 0 unspecified atom stereocenters. The molecule has 1 N–H and O–H groups in total. The second-order valence-corrected chi connectivity index (χ2v) is 7.82. The molecule has 0 saturated carbocycles. The van der Waals surface area contributed by atoms with Gasteiger partial charge in [-0.05, 0) is 30.3 Å². The van der Waals surface area contributed by atoms with Crippen LogP contribution in [0.25, 0.3) is 0 Å². The Morgan fingerprint density at radius 1 is 1.00 bits per heavy atom. The molecule has 0 fully saturated rings. The Balaban J connectivity index is 2.66. The van der Waals surface area contributed by atoms with Crippen molar-refractivity contribution in [3.05, 3.63) is 41.4 Å². The number of nitrogens with zero attached hydrogens (tertiary/aromatic N) is 1. The predicted molar refractivity (Wildman–Crippen MR) is 106 cm³/mol. The number of likely N-dealkylation sites (N-methyl/N-ethyl adjacent to an activating group) is 1. The van der Waals surface area contributed by atoms with Gasteiger partial charge < -0.3 is 19.5 Å². The van der Waals surface area contributed by atoms with Crippen molar-refractivity contribution in [3.63, 3.8) is 0 Å². The second kappa shape index (κ2) is 9.03. The Morgan fingerprint density at radius 3 is 2.18 bits per heavy atom. The Kier molecular flexibility index (Phi) is 6.98. The van der Waals surface area contributed by atoms with Crippen molar-refractivity contribution in [3.8, 4) is 17.2 Å². The number of halogens is 1. The first kappa shape index (κ1) is 21.6. The molecule has 2 aromatic rings. The standard InChI is InChI=1S/C18H21ClN2O6S/c1-20-18(22)11-21(14-9-12(19)5-7-15(14)25-2)28(23,24)13-6-8-16(26-3)17(10-13)27-4/h5-10H,11H2,1-4H3,(H,20,22). The monoisotopic (exact) mass is 428 g/mol. The molecule has 10 heteroatoms. The molecule has 0 aliphatic carbocycles. The predicted octanol–water partition coefficient (Wildman–Crippen LogP) is 2.31. The fraction of sp³-hybridized carbons (Fsp3) is 0.278. The van der Waals surface area contributed by atoms with E-state index < -0.39 is 22.5 Å². The van der Waals surface area contributed by atoms with E-state index in [4.69, 9.17) is 25.8 Å². The summed E-state index contributed by atoms with van der Waals surface area (Å²) in [6.07, 6.45) is 0. The average molecular weight is 429 g/mol. The van der Waals surface area contributed by atoms with E-state index in [0.29, 0.717) is 10.8 Å². The second-order valence-electron chi connectivity index (χ2n) is 5.52. The number of rotatable bonds is 8. The van der Waals surface area contributed by atoms with Gasteiger partial charge in [-0.1, -0.05) is 11.6 Å². The lowest BCUT2D eigenvalue weighted by atomic mass is 10.3. The average Bonchev–Trinajstić information content (AvgIpc) is 2.70. The molecule has 0 spiro atoms. The zero-order valence-corrected chi connectivity index (χ0v) is 17.4. The number of benzene rings is 2. The van der Waals surface area contributed by atoms with Crippen molar-refractivity contribution in [2.45, 2.75) is 4.90 Å². The number of hydrogen-bond acceptors (Lipinski definition) is 6. The minimum Gasteiger partial charge on any atom is -0.495 e. The van der Waals surface area contributed by atoms with E-state index in [2.05, 4.69) is 5.32 Å². The minimum atomic E-state index is -4.17. The van der Waals surface area contributed by atoms with Gasteiger partial charge in [0.25, 0.3) is 10.0 Å². The Bertz CT molecular complexity index is 965. The van der Waals surface area contributed by atoms with Crippen LogP contribution in [0.5, 0.6) is 17.2 Å². The van der Waals surface area contributed by atoms with Gasteiger partial charge in [0.1, 0.15) is 12.3 Å². The highest BCUT2D eigenvalue weighted by Crippen LogP contribution is 2.36. The Hall–Kier alpha value is -2.65. The molecule has 0 atom stereocenters. The van der Waals surface area contributed by atoms with E-state index in [1.807, 2.05) is 0 Å². The molecule has 28 heavy (non-hydrogen) atoms. The van der Waals surface area contributed by atoms with Gasteiger partial charge in [-0.25, -0.2) is 8.42 Å². The molecule has 0 aliphatic heterocycles. The molecule has 0 saturated heterocycles. The highest BCUT2D eigenvalue weighted by atomic mass is 35.5. The van der Waals surface area contributed by atoms with Crippen molar-refractivity contribution in [2.75, 3.05) is 39.2 Å². The zero-order chi connectivity index (χ0) is 20.9. The maximum Gasteiger partial charge on any atom is 0.265 e. The lowest BCUT2D eigenvalue weighted by Gasteiger charge is -2.26. The number of methoxy groups -OCH3 is 3. The highest BCUT2D eigenvalue weighted by Gasteiger charge is 2.30. The summed E-state index contributed by atoms with van der Waals surface area (Å²) in [6, 6.07) is 8.66. The first-order chi connectivity index (χ1) is 13.3. The van der Waals surface area contributed by atoms with Crippen LogP contribution in [0.4, 0.5) is 5.69 Å². The van der Waals surface area contributed by atoms with E-state index in [1.54, 1.807) is 6.07 Å². The molecule has 0 aliphatic rings. The summed E-state index contributed by atoms with van der Waals surface area (Å²) in [5.74, 6) is 0.351. The Labute approximate surface area is 169 Å². The molecular weight excluding hydrogens is 408 g/mol. The third-order valence-electron chi connectivity index (χ3n) is 3.92. The lowest BCUT2D eigenvalue weighted by molar-refractivity contribution is -0.119. The van der Waals surface area contributed by atoms with Crippen LogP contribution in [0.2, 0.25) is 5.02 Å². The van der Waals surface area contributed by atoms with E-state index in [9.17, 15) is 13.2 Å². The number of hydrogen-bond donors (Lipinski definition) is 1. The molecule has 8 nitrogen and oxygen atoms in total. The maximum atomic E-state index is 13.4. The number of ether oxygens (including phenoxy) is 3. The number of anilines is 1. The molecule has 0 radical (unpaired) electrons. The van der Waals surface area contributed by atoms with E-state index in [0.717, 1.165) is 4.31 Å². The Morgan fingerprint density at radius 2 is 1.61 bits per heavy atom. The van der Waals surface area contributed by atoms with Gasteiger partial charge in [-0.3, -0.25) is 9.10 Å². The number of sulfonamides is 1. The molecule has 0 bridgehead atoms. The zero-order valence-electron chi connectivity index (χ0n) is 15.9. The smallest absolute Gasteiger partial charge is 0.265 e. The number of carbonyl (C=O) groups excluding carboxylic acids is 1. The summed E-state index contributed by atoms with van der Waals surface area (Å²) in [5.41, 5.74) is 0.133. The van der Waals surface area contributed by atoms with Crippen molar-refractivity contribution in [1.29, 1.82) is 0 Å². The van der Waals surface area contributed by atoms with Crippen LogP contribution in [0.15, 0.2) is 41.3 Å². The van der Waals surface area contributed by atoms with E-state index in [-0.39, 0.29) is 22.1 Å². The van der Waals surface area contributed by atoms with Gasteiger partial charge in [0.2, 0.25) is 5.91 Å². The molecule has 0 heterocycles. The quantitative estimate of drug-likeness (QED) is 0.693. The fourth-order valence-electron chi connectivity index (χ4n) is 2.47. The van der Waals surface area contributed by atoms with Crippen LogP contribution in [0.3, 0.4) is 0 Å². The van der Waals surface area contributed by atoms with Crippen LogP contribution in [-0.2, 0) is 14.8 Å². The largest absolute Gasteiger partial charge is 0.495 e. The van der Waals surface area contributed by atoms with Crippen LogP contribution in [0.1, 0.15) is 0 Å². The van der Waals surface area contributed by atoms with Crippen molar-refractivity contribution < 1.29 is 27.4 Å². The summed E-state index contributed by atoms with van der Waals surface area (Å²) in [6.45, 7) is -0.468. The first-order valence-corrected chi connectivity index (χ1v) is 9.89. The van der Waals surface area contributed by atoms with Gasteiger partial charge in [-0.15, -0.1) is 0 Å². The topological polar surface area (TPSA) is 94.2 Å². The summed E-state index contributed by atoms with van der Waals surface area (Å²) < 4.78 is 43.3. The molecule has 2 rings (SSSR count). The van der Waals surface area contributed by atoms with Gasteiger partial charge in [-0.2, -0.15) is 0 Å². The highest BCUT2D eigenvalue weighted by molar-refractivity contribution is 7.92. The summed E-state index contributed by atoms with van der Waals surface area (Å²) in [4.78, 5) is 12.0. The minimum absolute atomic E-state index is 0.0870. The van der Waals surface area contributed by atoms with Gasteiger partial charge in [0.15, 0.2) is 11.5 Å². The van der Waals surface area contributed by atoms with Crippen LogP contribution >= 0.6 is 11.6 Å². The molecule has 2 aromatic carbocycles. The summed E-state index contributed by atoms with van der Waals surface area (Å²) >= 11 is 6.06. The number of nitrogens with one attached hydrogen (secondary N) is 1. The fourth-order valence-corrected chi connectivity index (χ4v) is 4.08. The SMILES string of the molecule is CNC(=O)CN(c1cc(Cl)ccc1OC)S(=O)(=O)c1ccc(OC)c(OC)c1. The van der Waals surface area contributed by atoms with Crippen molar-refractivity contribution >= 4 is 33.2 Å². The van der Waals surface area contributed by atoms with E-state index >= 15 is 0 Å². The molecule has 0 aromatic heterocycles. The van der Waals surface area contributed by atoms with E-state index in [1.165, 1.54) is 58.7 Å². The van der Waals surface area contributed by atoms with Gasteiger partial charge in [0.05, 0.1) is 31.9 Å². The third-order valence-corrected chi connectivity index (χ3v) is 5.91. The third kappa shape index (κ3) is 4.42. The van der Waals surface area contributed by atoms with Crippen LogP contribution in [-0.4, -0.2) is 49.2 Å². The molecule has 152 valence electrons. The first-order valence-electron chi connectivity index (χ1n) is 8.07. The van der Waals surface area contributed by atoms with Crippen molar-refractivity contribution in [2.24, 2.45) is 0 Å². The van der Waals surface area contributed by atoms with Gasteiger partial charge >= 0.3 is 0 Å². The summed E-state index contributed by atoms with van der Waals surface area (Å²) in [5, 5.41) is 2.71. The summed E-state index contributed by atoms with van der Waals surface area (Å²) in [7, 11) is 1.49. The molecule has 1 amide bonds. The van der Waals surface area contributed by atoms with Crippen LogP contribution < -0.4 is 23.8 Å².